The van der Waals surface area contributed by atoms with Crippen molar-refractivity contribution in [2.24, 2.45) is 0 Å². The van der Waals surface area contributed by atoms with Crippen molar-refractivity contribution in [1.82, 2.24) is 9.88 Å². The lowest BCUT2D eigenvalue weighted by Crippen LogP contribution is -2.51. The van der Waals surface area contributed by atoms with Crippen LogP contribution in [0, 0.1) is 0 Å². The Kier molecular flexibility index (Phi) is 2.89. The molecule has 0 spiro atoms. The monoisotopic (exact) mass is 285 g/mol. The van der Waals surface area contributed by atoms with Crippen molar-refractivity contribution in [3.05, 3.63) is 30.0 Å². The zero-order valence-corrected chi connectivity index (χ0v) is 11.8. The number of anilines is 1. The molecule has 2 aromatic rings. The number of rotatable bonds is 1. The molecule has 2 heterocycles. The number of hydrogen-bond donors (Lipinski definition) is 2. The van der Waals surface area contributed by atoms with Crippen LogP contribution in [0.5, 0.6) is 0 Å². The number of nitrogens with one attached hydrogen (secondary N) is 1. The first-order chi connectivity index (χ1) is 10.2. The van der Waals surface area contributed by atoms with Crippen LogP contribution in [0.2, 0.25) is 0 Å². The molecule has 21 heavy (non-hydrogen) atoms. The van der Waals surface area contributed by atoms with E-state index in [9.17, 15) is 4.79 Å². The Morgan fingerprint density at radius 3 is 3.14 bits per heavy atom. The number of morpholine rings is 1. The molecular formula is C16H19N3O2. The summed E-state index contributed by atoms with van der Waals surface area (Å²) >= 11 is 0. The number of nitrogen functional groups attached to an aromatic ring is 1. The maximum atomic E-state index is 12.8. The number of H-pyrrole nitrogens is 1. The number of nitrogens with zero attached hydrogens (tertiary/aromatic N) is 1. The number of amides is 1. The summed E-state index contributed by atoms with van der Waals surface area (Å²) in [4.78, 5) is 18.0. The lowest BCUT2D eigenvalue weighted by molar-refractivity contribution is -0.0446. The number of nitrogens with two attached hydrogens (primary N) is 1. The fourth-order valence-corrected chi connectivity index (χ4v) is 3.60. The highest BCUT2D eigenvalue weighted by molar-refractivity contribution is 5.98. The Balaban J connectivity index is 1.66. The molecule has 2 aliphatic rings. The summed E-state index contributed by atoms with van der Waals surface area (Å²) in [5.41, 5.74) is 8.10. The molecule has 1 aromatic carbocycles. The van der Waals surface area contributed by atoms with E-state index in [1.165, 1.54) is 0 Å². The van der Waals surface area contributed by atoms with E-state index in [1.807, 2.05) is 29.2 Å². The predicted molar refractivity (Wildman–Crippen MR) is 81.1 cm³/mol. The van der Waals surface area contributed by atoms with Crippen LogP contribution in [0.25, 0.3) is 10.9 Å². The van der Waals surface area contributed by atoms with Crippen LogP contribution < -0.4 is 5.73 Å². The Morgan fingerprint density at radius 2 is 2.24 bits per heavy atom. The highest BCUT2D eigenvalue weighted by atomic mass is 16.5. The van der Waals surface area contributed by atoms with Crippen LogP contribution in [0.4, 0.5) is 5.69 Å². The second-order valence-electron chi connectivity index (χ2n) is 5.94. The molecule has 1 saturated carbocycles. The molecule has 1 aromatic heterocycles. The average Bonchev–Trinajstić information content (AvgIpc) is 3.11. The van der Waals surface area contributed by atoms with E-state index in [2.05, 4.69) is 4.98 Å². The minimum atomic E-state index is 0.0740. The van der Waals surface area contributed by atoms with Crippen LogP contribution in [0.15, 0.2) is 24.3 Å². The first-order valence-electron chi connectivity index (χ1n) is 7.53. The smallest absolute Gasteiger partial charge is 0.270 e. The van der Waals surface area contributed by atoms with Gasteiger partial charge in [-0.05, 0) is 43.5 Å². The van der Waals surface area contributed by atoms with Gasteiger partial charge in [0.2, 0.25) is 0 Å². The lowest BCUT2D eigenvalue weighted by atomic mass is 10.1. The van der Waals surface area contributed by atoms with Crippen molar-refractivity contribution in [3.8, 4) is 0 Å². The molecule has 110 valence electrons. The SMILES string of the molecule is Nc1ccc2[nH]c(C(=O)N3CCOC4CCCC43)cc2c1. The summed E-state index contributed by atoms with van der Waals surface area (Å²) in [7, 11) is 0. The molecular weight excluding hydrogens is 266 g/mol. The Bertz CT molecular complexity index is 694. The Morgan fingerprint density at radius 1 is 1.33 bits per heavy atom. The highest BCUT2D eigenvalue weighted by Gasteiger charge is 2.38. The normalized spacial score (nSPS) is 25.2. The predicted octanol–water partition coefficient (Wildman–Crippen LogP) is 2.14. The minimum Gasteiger partial charge on any atom is -0.399 e. The number of aromatic amines is 1. The topological polar surface area (TPSA) is 71.4 Å². The van der Waals surface area contributed by atoms with Gasteiger partial charge in [0, 0.05) is 23.1 Å². The van der Waals surface area contributed by atoms with Gasteiger partial charge < -0.3 is 20.4 Å². The van der Waals surface area contributed by atoms with Crippen molar-refractivity contribution in [1.29, 1.82) is 0 Å². The molecule has 2 atom stereocenters. The lowest BCUT2D eigenvalue weighted by Gasteiger charge is -2.37. The fourth-order valence-electron chi connectivity index (χ4n) is 3.60. The van der Waals surface area contributed by atoms with Gasteiger partial charge in [-0.15, -0.1) is 0 Å². The van der Waals surface area contributed by atoms with E-state index >= 15 is 0 Å². The van der Waals surface area contributed by atoms with Crippen LogP contribution in [0.1, 0.15) is 29.8 Å². The maximum Gasteiger partial charge on any atom is 0.270 e. The van der Waals surface area contributed by atoms with Crippen LogP contribution >= 0.6 is 0 Å². The van der Waals surface area contributed by atoms with Crippen LogP contribution in [-0.4, -0.2) is 41.1 Å². The second kappa shape index (κ2) is 4.77. The number of aromatic nitrogens is 1. The quantitative estimate of drug-likeness (QED) is 0.789. The van der Waals surface area contributed by atoms with Gasteiger partial charge in [0.1, 0.15) is 5.69 Å². The summed E-state index contributed by atoms with van der Waals surface area (Å²) in [6.45, 7) is 1.32. The van der Waals surface area contributed by atoms with Crippen molar-refractivity contribution in [2.45, 2.75) is 31.4 Å². The van der Waals surface area contributed by atoms with Gasteiger partial charge in [-0.2, -0.15) is 0 Å². The van der Waals surface area contributed by atoms with E-state index in [0.717, 1.165) is 30.2 Å². The third kappa shape index (κ3) is 2.08. The third-order valence-electron chi connectivity index (χ3n) is 4.62. The molecule has 2 fully saturated rings. The number of hydrogen-bond acceptors (Lipinski definition) is 3. The molecule has 1 aliphatic heterocycles. The van der Waals surface area contributed by atoms with Crippen molar-refractivity contribution in [2.75, 3.05) is 18.9 Å². The molecule has 5 heteroatoms. The first-order valence-corrected chi connectivity index (χ1v) is 7.53. The minimum absolute atomic E-state index is 0.0740. The van der Waals surface area contributed by atoms with Gasteiger partial charge in [0.15, 0.2) is 0 Å². The zero-order chi connectivity index (χ0) is 14.4. The van der Waals surface area contributed by atoms with Crippen molar-refractivity contribution >= 4 is 22.5 Å². The molecule has 3 N–H and O–H groups in total. The average molecular weight is 285 g/mol. The number of fused-ring (bicyclic) bond motifs is 2. The summed E-state index contributed by atoms with van der Waals surface area (Å²) in [5, 5.41) is 0.981. The van der Waals surface area contributed by atoms with Gasteiger partial charge in [0.25, 0.3) is 5.91 Å². The summed E-state index contributed by atoms with van der Waals surface area (Å²) in [6, 6.07) is 7.78. The standard InChI is InChI=1S/C16H19N3O2/c17-11-4-5-12-10(8-11)9-13(18-12)16(20)19-6-7-21-15-3-1-2-14(15)19/h4-5,8-9,14-15,18H,1-3,6-7,17H2. The molecule has 0 bridgehead atoms. The molecule has 4 rings (SSSR count). The van der Waals surface area contributed by atoms with E-state index in [-0.39, 0.29) is 18.1 Å². The summed E-state index contributed by atoms with van der Waals surface area (Å²) in [5.74, 6) is 0.0740. The van der Waals surface area contributed by atoms with E-state index in [4.69, 9.17) is 10.5 Å². The molecule has 1 saturated heterocycles. The molecule has 1 amide bonds. The number of carbonyl (C=O) groups excluding carboxylic acids is 1. The van der Waals surface area contributed by atoms with Crippen molar-refractivity contribution < 1.29 is 9.53 Å². The molecule has 1 aliphatic carbocycles. The Labute approximate surface area is 123 Å². The van der Waals surface area contributed by atoms with Gasteiger partial charge in [0.05, 0.1) is 18.8 Å². The maximum absolute atomic E-state index is 12.8. The first kappa shape index (κ1) is 12.7. The van der Waals surface area contributed by atoms with E-state index in [1.54, 1.807) is 0 Å². The van der Waals surface area contributed by atoms with E-state index < -0.39 is 0 Å². The molecule has 5 nitrogen and oxygen atoms in total. The third-order valence-corrected chi connectivity index (χ3v) is 4.62. The van der Waals surface area contributed by atoms with Crippen molar-refractivity contribution in [3.63, 3.8) is 0 Å². The van der Waals surface area contributed by atoms with Gasteiger partial charge in [-0.3, -0.25) is 4.79 Å². The number of benzene rings is 1. The summed E-state index contributed by atoms with van der Waals surface area (Å²) < 4.78 is 5.77. The number of ether oxygens (including phenoxy) is 1. The van der Waals surface area contributed by atoms with Gasteiger partial charge in [-0.1, -0.05) is 0 Å². The van der Waals surface area contributed by atoms with Crippen LogP contribution in [-0.2, 0) is 4.74 Å². The highest BCUT2D eigenvalue weighted by Crippen LogP contribution is 2.31. The number of carbonyl (C=O) groups is 1. The fraction of sp³-hybridized carbons (Fsp3) is 0.438. The largest absolute Gasteiger partial charge is 0.399 e. The van der Waals surface area contributed by atoms with Gasteiger partial charge >= 0.3 is 0 Å². The Hall–Kier alpha value is -2.01. The zero-order valence-electron chi connectivity index (χ0n) is 11.8. The van der Waals surface area contributed by atoms with Gasteiger partial charge in [-0.25, -0.2) is 0 Å². The van der Waals surface area contributed by atoms with E-state index in [0.29, 0.717) is 24.5 Å². The molecule has 2 unspecified atom stereocenters. The summed E-state index contributed by atoms with van der Waals surface area (Å²) in [6.07, 6.45) is 3.48. The molecule has 0 radical (unpaired) electrons. The second-order valence-corrected chi connectivity index (χ2v) is 5.94. The van der Waals surface area contributed by atoms with Crippen LogP contribution in [0.3, 0.4) is 0 Å².